The van der Waals surface area contributed by atoms with Crippen LogP contribution in [0.15, 0.2) is 36.4 Å². The third-order valence-corrected chi connectivity index (χ3v) is 3.89. The number of nitrogens with zero attached hydrogens (tertiary/aromatic N) is 1. The van der Waals surface area contributed by atoms with E-state index in [0.717, 1.165) is 5.56 Å². The Morgan fingerprint density at radius 1 is 1.12 bits per heavy atom. The minimum absolute atomic E-state index is 0.167. The number of amides is 2. The van der Waals surface area contributed by atoms with Gasteiger partial charge in [0.05, 0.1) is 12.8 Å². The molecule has 132 valence electrons. The van der Waals surface area contributed by atoms with E-state index >= 15 is 0 Å². The van der Waals surface area contributed by atoms with Gasteiger partial charge in [-0.3, -0.25) is 14.5 Å². The second-order valence-electron chi connectivity index (χ2n) is 5.49. The standard InChI is InChI=1S/C18H18Cl2N2O3/c1-11-4-5-17(25-3)16(6-11)22(12(2)23)10-18(24)21-15-8-13(19)7-14(20)9-15/h4-9H,10H2,1-3H3,(H,21,24). The van der Waals surface area contributed by atoms with Crippen LogP contribution >= 0.6 is 23.2 Å². The Hall–Kier alpha value is -2.24. The lowest BCUT2D eigenvalue weighted by Gasteiger charge is -2.23. The van der Waals surface area contributed by atoms with Crippen molar-refractivity contribution in [1.82, 2.24) is 0 Å². The van der Waals surface area contributed by atoms with Crippen LogP contribution in [0, 0.1) is 6.92 Å². The molecule has 2 aromatic rings. The molecule has 0 saturated heterocycles. The van der Waals surface area contributed by atoms with Gasteiger partial charge in [0, 0.05) is 22.7 Å². The second-order valence-corrected chi connectivity index (χ2v) is 6.36. The fourth-order valence-corrected chi connectivity index (χ4v) is 2.87. The van der Waals surface area contributed by atoms with Gasteiger partial charge in [-0.1, -0.05) is 29.3 Å². The molecule has 0 radical (unpaired) electrons. The number of halogens is 2. The first-order valence-electron chi connectivity index (χ1n) is 7.49. The third kappa shape index (κ3) is 5.11. The Bertz CT molecular complexity index is 789. The van der Waals surface area contributed by atoms with Crippen LogP contribution in [-0.4, -0.2) is 25.5 Å². The molecule has 25 heavy (non-hydrogen) atoms. The van der Waals surface area contributed by atoms with Gasteiger partial charge in [0.15, 0.2) is 0 Å². The van der Waals surface area contributed by atoms with Crippen molar-refractivity contribution < 1.29 is 14.3 Å². The van der Waals surface area contributed by atoms with E-state index in [9.17, 15) is 9.59 Å². The number of rotatable bonds is 5. The molecule has 0 heterocycles. The van der Waals surface area contributed by atoms with Crippen molar-refractivity contribution in [3.63, 3.8) is 0 Å². The fourth-order valence-electron chi connectivity index (χ4n) is 2.35. The summed E-state index contributed by atoms with van der Waals surface area (Å²) in [5, 5.41) is 3.51. The lowest BCUT2D eigenvalue weighted by molar-refractivity contribution is -0.120. The molecule has 2 aromatic carbocycles. The summed E-state index contributed by atoms with van der Waals surface area (Å²) in [6.07, 6.45) is 0. The molecule has 2 rings (SSSR count). The highest BCUT2D eigenvalue weighted by Crippen LogP contribution is 2.29. The number of carbonyl (C=O) groups excluding carboxylic acids is 2. The van der Waals surface area contributed by atoms with E-state index in [-0.39, 0.29) is 18.4 Å². The molecule has 0 aliphatic heterocycles. The summed E-state index contributed by atoms with van der Waals surface area (Å²) in [5.74, 6) is -0.139. The monoisotopic (exact) mass is 380 g/mol. The zero-order chi connectivity index (χ0) is 18.6. The van der Waals surface area contributed by atoms with Crippen molar-refractivity contribution in [2.75, 3.05) is 23.9 Å². The molecule has 0 bridgehead atoms. The second kappa shape index (κ2) is 8.23. The topological polar surface area (TPSA) is 58.6 Å². The number of methoxy groups -OCH3 is 1. The molecule has 0 spiro atoms. The molecule has 0 aliphatic rings. The van der Waals surface area contributed by atoms with Gasteiger partial charge in [0.25, 0.3) is 0 Å². The average molecular weight is 381 g/mol. The molecular weight excluding hydrogens is 363 g/mol. The summed E-state index contributed by atoms with van der Waals surface area (Å²) in [4.78, 5) is 25.8. The maximum atomic E-state index is 12.4. The smallest absolute Gasteiger partial charge is 0.244 e. The number of aryl methyl sites for hydroxylation is 1. The van der Waals surface area contributed by atoms with Crippen LogP contribution in [-0.2, 0) is 9.59 Å². The summed E-state index contributed by atoms with van der Waals surface area (Å²) >= 11 is 11.9. The molecule has 2 amide bonds. The van der Waals surface area contributed by atoms with Crippen LogP contribution in [0.25, 0.3) is 0 Å². The number of hydrogen-bond acceptors (Lipinski definition) is 3. The average Bonchev–Trinajstić information content (AvgIpc) is 2.51. The highest BCUT2D eigenvalue weighted by molar-refractivity contribution is 6.35. The molecule has 0 atom stereocenters. The van der Waals surface area contributed by atoms with E-state index in [1.165, 1.54) is 18.9 Å². The van der Waals surface area contributed by atoms with Gasteiger partial charge in [-0.2, -0.15) is 0 Å². The van der Waals surface area contributed by atoms with Crippen LogP contribution in [0.5, 0.6) is 5.75 Å². The van der Waals surface area contributed by atoms with Crippen molar-refractivity contribution in [3.05, 3.63) is 52.0 Å². The normalized spacial score (nSPS) is 10.3. The van der Waals surface area contributed by atoms with E-state index in [1.807, 2.05) is 13.0 Å². The zero-order valence-electron chi connectivity index (χ0n) is 14.1. The summed E-state index contributed by atoms with van der Waals surface area (Å²) in [6, 6.07) is 10.2. The number of carbonyl (C=O) groups is 2. The van der Waals surface area contributed by atoms with Crippen molar-refractivity contribution in [1.29, 1.82) is 0 Å². The van der Waals surface area contributed by atoms with Crippen LogP contribution in [0.3, 0.4) is 0 Å². The van der Waals surface area contributed by atoms with Crippen molar-refractivity contribution in [2.24, 2.45) is 0 Å². The third-order valence-electron chi connectivity index (χ3n) is 3.45. The molecule has 0 aliphatic carbocycles. The van der Waals surface area contributed by atoms with E-state index in [1.54, 1.807) is 30.3 Å². The van der Waals surface area contributed by atoms with Gasteiger partial charge in [-0.15, -0.1) is 0 Å². The SMILES string of the molecule is COc1ccc(C)cc1N(CC(=O)Nc1cc(Cl)cc(Cl)c1)C(C)=O. The Morgan fingerprint density at radius 3 is 2.32 bits per heavy atom. The Kier molecular flexibility index (Phi) is 6.28. The first-order valence-corrected chi connectivity index (χ1v) is 8.24. The number of anilines is 2. The van der Waals surface area contributed by atoms with Gasteiger partial charge >= 0.3 is 0 Å². The predicted molar refractivity (Wildman–Crippen MR) is 101 cm³/mol. The minimum atomic E-state index is -0.378. The fraction of sp³-hybridized carbons (Fsp3) is 0.222. The van der Waals surface area contributed by atoms with Crippen LogP contribution in [0.2, 0.25) is 10.0 Å². The summed E-state index contributed by atoms with van der Waals surface area (Å²) in [7, 11) is 1.51. The van der Waals surface area contributed by atoms with Crippen LogP contribution < -0.4 is 15.0 Å². The summed E-state index contributed by atoms with van der Waals surface area (Å²) in [5.41, 5.74) is 1.94. The lowest BCUT2D eigenvalue weighted by atomic mass is 10.2. The molecule has 1 N–H and O–H groups in total. The molecule has 0 unspecified atom stereocenters. The van der Waals surface area contributed by atoms with Gasteiger partial charge in [0.2, 0.25) is 11.8 Å². The Labute approximate surface area is 156 Å². The molecule has 0 aromatic heterocycles. The zero-order valence-corrected chi connectivity index (χ0v) is 15.6. The Morgan fingerprint density at radius 2 is 1.76 bits per heavy atom. The van der Waals surface area contributed by atoms with Crippen molar-refractivity contribution >= 4 is 46.4 Å². The number of hydrogen-bond donors (Lipinski definition) is 1. The minimum Gasteiger partial charge on any atom is -0.495 e. The molecule has 7 heteroatoms. The van der Waals surface area contributed by atoms with E-state index in [2.05, 4.69) is 5.32 Å². The quantitative estimate of drug-likeness (QED) is 0.840. The van der Waals surface area contributed by atoms with Gasteiger partial charge < -0.3 is 10.1 Å². The predicted octanol–water partition coefficient (Wildman–Crippen LogP) is 4.30. The van der Waals surface area contributed by atoms with E-state index < -0.39 is 0 Å². The molecule has 5 nitrogen and oxygen atoms in total. The maximum absolute atomic E-state index is 12.4. The molecule has 0 fully saturated rings. The first-order chi connectivity index (χ1) is 11.8. The van der Waals surface area contributed by atoms with E-state index in [0.29, 0.717) is 27.2 Å². The maximum Gasteiger partial charge on any atom is 0.244 e. The van der Waals surface area contributed by atoms with Crippen molar-refractivity contribution in [2.45, 2.75) is 13.8 Å². The van der Waals surface area contributed by atoms with Gasteiger partial charge in [-0.25, -0.2) is 0 Å². The number of benzene rings is 2. The highest BCUT2D eigenvalue weighted by atomic mass is 35.5. The van der Waals surface area contributed by atoms with Gasteiger partial charge in [-0.05, 0) is 42.8 Å². The lowest BCUT2D eigenvalue weighted by Crippen LogP contribution is -2.37. The van der Waals surface area contributed by atoms with Gasteiger partial charge in [0.1, 0.15) is 12.3 Å². The summed E-state index contributed by atoms with van der Waals surface area (Å²) < 4.78 is 5.30. The molecular formula is C18H18Cl2N2O3. The van der Waals surface area contributed by atoms with Crippen LogP contribution in [0.4, 0.5) is 11.4 Å². The summed E-state index contributed by atoms with van der Waals surface area (Å²) in [6.45, 7) is 3.12. The molecule has 0 saturated carbocycles. The Balaban J connectivity index is 2.23. The number of nitrogens with one attached hydrogen (secondary N) is 1. The van der Waals surface area contributed by atoms with Crippen LogP contribution in [0.1, 0.15) is 12.5 Å². The number of ether oxygens (including phenoxy) is 1. The van der Waals surface area contributed by atoms with Crippen molar-refractivity contribution in [3.8, 4) is 5.75 Å². The van der Waals surface area contributed by atoms with E-state index in [4.69, 9.17) is 27.9 Å². The largest absolute Gasteiger partial charge is 0.495 e. The highest BCUT2D eigenvalue weighted by Gasteiger charge is 2.20. The first kappa shape index (κ1) is 19.1.